The van der Waals surface area contributed by atoms with E-state index >= 15 is 0 Å². The first-order valence-electron chi connectivity index (χ1n) is 7.10. The lowest BCUT2D eigenvalue weighted by Gasteiger charge is -2.26. The monoisotopic (exact) mass is 309 g/mol. The van der Waals surface area contributed by atoms with Gasteiger partial charge in [-0.2, -0.15) is 0 Å². The number of carbonyl (C=O) groups is 1. The van der Waals surface area contributed by atoms with Crippen LogP contribution in [0.1, 0.15) is 46.5 Å². The Balaban J connectivity index is 2.41. The summed E-state index contributed by atoms with van der Waals surface area (Å²) in [5.41, 5.74) is -0.0431. The minimum absolute atomic E-state index is 0.0431. The van der Waals surface area contributed by atoms with E-state index in [-0.39, 0.29) is 11.4 Å². The molecule has 19 heavy (non-hydrogen) atoms. The fourth-order valence-corrected chi connectivity index (χ4v) is 2.95. The summed E-state index contributed by atoms with van der Waals surface area (Å²) >= 11 is 12.4. The number of nitrogens with zero attached hydrogens (tertiary/aromatic N) is 1. The van der Waals surface area contributed by atoms with Gasteiger partial charge in [0.05, 0.1) is 13.0 Å². The van der Waals surface area contributed by atoms with Crippen molar-refractivity contribution in [2.75, 3.05) is 26.2 Å². The third kappa shape index (κ3) is 5.13. The summed E-state index contributed by atoms with van der Waals surface area (Å²) in [6.07, 6.45) is 3.52. The molecule has 1 atom stereocenters. The molecule has 0 N–H and O–H groups in total. The summed E-state index contributed by atoms with van der Waals surface area (Å²) in [5, 5.41) is 0. The second kappa shape index (κ2) is 7.14. The van der Waals surface area contributed by atoms with Crippen LogP contribution in [0.25, 0.3) is 0 Å². The van der Waals surface area contributed by atoms with Gasteiger partial charge in [-0.3, -0.25) is 4.79 Å². The number of unbranched alkanes of at least 4 members (excludes halogenated alkanes) is 1. The van der Waals surface area contributed by atoms with Crippen LogP contribution < -0.4 is 0 Å². The summed E-state index contributed by atoms with van der Waals surface area (Å²) in [4.78, 5) is 13.7. The number of esters is 1. The number of ether oxygens (including phenoxy) is 1. The van der Waals surface area contributed by atoms with E-state index in [2.05, 4.69) is 18.7 Å². The molecule has 0 bridgehead atoms. The van der Waals surface area contributed by atoms with Crippen molar-refractivity contribution < 1.29 is 9.53 Å². The maximum Gasteiger partial charge on any atom is 0.307 e. The largest absolute Gasteiger partial charge is 0.466 e. The normalized spacial score (nSPS) is 24.5. The van der Waals surface area contributed by atoms with E-state index < -0.39 is 4.33 Å². The van der Waals surface area contributed by atoms with Crippen molar-refractivity contribution in [2.24, 2.45) is 5.41 Å². The van der Waals surface area contributed by atoms with Gasteiger partial charge in [-0.25, -0.2) is 0 Å². The molecule has 0 aromatic carbocycles. The zero-order valence-corrected chi connectivity index (χ0v) is 13.7. The van der Waals surface area contributed by atoms with Gasteiger partial charge < -0.3 is 9.64 Å². The highest BCUT2D eigenvalue weighted by molar-refractivity contribution is 6.51. The zero-order valence-electron chi connectivity index (χ0n) is 12.2. The Morgan fingerprint density at radius 2 is 1.95 bits per heavy atom. The van der Waals surface area contributed by atoms with E-state index in [9.17, 15) is 4.79 Å². The molecule has 1 saturated carbocycles. The van der Waals surface area contributed by atoms with Crippen molar-refractivity contribution in [1.82, 2.24) is 4.90 Å². The topological polar surface area (TPSA) is 29.5 Å². The van der Waals surface area contributed by atoms with E-state index in [0.29, 0.717) is 13.0 Å². The first-order valence-corrected chi connectivity index (χ1v) is 7.86. The van der Waals surface area contributed by atoms with Crippen LogP contribution in [-0.4, -0.2) is 41.4 Å². The van der Waals surface area contributed by atoms with E-state index in [4.69, 9.17) is 27.9 Å². The lowest BCUT2D eigenvalue weighted by molar-refractivity contribution is -0.143. The summed E-state index contributed by atoms with van der Waals surface area (Å²) < 4.78 is 4.37. The summed E-state index contributed by atoms with van der Waals surface area (Å²) in [5.74, 6) is -0.132. The second-order valence-corrected chi connectivity index (χ2v) is 7.11. The Morgan fingerprint density at radius 1 is 1.32 bits per heavy atom. The van der Waals surface area contributed by atoms with Crippen molar-refractivity contribution in [3.8, 4) is 0 Å². The Morgan fingerprint density at radius 3 is 2.42 bits per heavy atom. The molecule has 0 saturated heterocycles. The molecule has 0 amide bonds. The van der Waals surface area contributed by atoms with Crippen LogP contribution in [0.5, 0.6) is 0 Å². The molecule has 0 aromatic rings. The summed E-state index contributed by atoms with van der Waals surface area (Å²) in [7, 11) is 0. The molecule has 1 rings (SSSR count). The molecule has 3 nitrogen and oxygen atoms in total. The first-order chi connectivity index (χ1) is 8.84. The number of alkyl halides is 2. The van der Waals surface area contributed by atoms with Crippen LogP contribution in [0.3, 0.4) is 0 Å². The molecule has 1 aliphatic carbocycles. The molecule has 0 aromatic heterocycles. The van der Waals surface area contributed by atoms with Crippen LogP contribution in [0, 0.1) is 5.41 Å². The third-order valence-electron chi connectivity index (χ3n) is 3.71. The highest BCUT2D eigenvalue weighted by Crippen LogP contribution is 2.63. The molecule has 0 radical (unpaired) electrons. The van der Waals surface area contributed by atoms with E-state index in [0.717, 1.165) is 38.9 Å². The van der Waals surface area contributed by atoms with Crippen LogP contribution in [-0.2, 0) is 9.53 Å². The molecule has 1 fully saturated rings. The van der Waals surface area contributed by atoms with E-state index in [1.165, 1.54) is 0 Å². The Hall–Kier alpha value is 0.01000. The first kappa shape index (κ1) is 17.1. The van der Waals surface area contributed by atoms with Gasteiger partial charge in [-0.05, 0) is 26.3 Å². The predicted octanol–water partition coefficient (Wildman–Crippen LogP) is 3.63. The average Bonchev–Trinajstić information content (AvgIpc) is 2.81. The SMILES string of the molecule is CCCCN(CCC(=O)OCC)CC1(C)CC1(Cl)Cl. The third-order valence-corrected chi connectivity index (χ3v) is 4.89. The van der Waals surface area contributed by atoms with Crippen molar-refractivity contribution >= 4 is 29.2 Å². The van der Waals surface area contributed by atoms with Crippen LogP contribution in [0.2, 0.25) is 0 Å². The molecule has 0 heterocycles. The molecule has 5 heteroatoms. The van der Waals surface area contributed by atoms with Crippen LogP contribution >= 0.6 is 23.2 Å². The van der Waals surface area contributed by atoms with Gasteiger partial charge in [-0.15, -0.1) is 23.2 Å². The Labute approximate surface area is 126 Å². The second-order valence-electron chi connectivity index (χ2n) is 5.63. The number of carbonyl (C=O) groups excluding carboxylic acids is 1. The fourth-order valence-electron chi connectivity index (χ4n) is 2.25. The molecule has 0 spiro atoms. The van der Waals surface area contributed by atoms with Gasteiger partial charge in [0.1, 0.15) is 4.33 Å². The highest BCUT2D eigenvalue weighted by Gasteiger charge is 2.63. The fraction of sp³-hybridized carbons (Fsp3) is 0.929. The van der Waals surface area contributed by atoms with Crippen molar-refractivity contribution in [3.05, 3.63) is 0 Å². The van der Waals surface area contributed by atoms with Gasteiger partial charge >= 0.3 is 5.97 Å². The molecule has 1 unspecified atom stereocenters. The number of halogens is 2. The van der Waals surface area contributed by atoms with Crippen LogP contribution in [0.4, 0.5) is 0 Å². The minimum Gasteiger partial charge on any atom is -0.466 e. The van der Waals surface area contributed by atoms with Crippen molar-refractivity contribution in [3.63, 3.8) is 0 Å². The van der Waals surface area contributed by atoms with Gasteiger partial charge in [0.15, 0.2) is 0 Å². The van der Waals surface area contributed by atoms with Crippen LogP contribution in [0.15, 0.2) is 0 Å². The lowest BCUT2D eigenvalue weighted by atomic mass is 10.1. The maximum absolute atomic E-state index is 11.4. The van der Waals surface area contributed by atoms with Gasteiger partial charge in [0.2, 0.25) is 0 Å². The highest BCUT2D eigenvalue weighted by atomic mass is 35.5. The summed E-state index contributed by atoms with van der Waals surface area (Å²) in [6.45, 7) is 9.09. The van der Waals surface area contributed by atoms with E-state index in [1.54, 1.807) is 0 Å². The van der Waals surface area contributed by atoms with Gasteiger partial charge in [0.25, 0.3) is 0 Å². The summed E-state index contributed by atoms with van der Waals surface area (Å²) in [6, 6.07) is 0. The molecule has 112 valence electrons. The average molecular weight is 310 g/mol. The van der Waals surface area contributed by atoms with Gasteiger partial charge in [-0.1, -0.05) is 20.3 Å². The van der Waals surface area contributed by atoms with Crippen molar-refractivity contribution in [1.29, 1.82) is 0 Å². The molecular formula is C14H25Cl2NO2. The van der Waals surface area contributed by atoms with E-state index in [1.807, 2.05) is 6.92 Å². The van der Waals surface area contributed by atoms with Gasteiger partial charge in [0, 0.05) is 18.5 Å². The molecule has 1 aliphatic rings. The minimum atomic E-state index is -0.596. The quantitative estimate of drug-likeness (QED) is 0.481. The number of rotatable bonds is 9. The molecule has 0 aliphatic heterocycles. The standard InChI is InChI=1S/C14H25Cl2NO2/c1-4-6-8-17(9-7-12(18)19-5-2)11-13(3)10-14(13,15)16/h4-11H2,1-3H3. The Kier molecular flexibility index (Phi) is 6.41. The molecular weight excluding hydrogens is 285 g/mol. The maximum atomic E-state index is 11.4. The number of hydrogen-bond acceptors (Lipinski definition) is 3. The predicted molar refractivity (Wildman–Crippen MR) is 79.8 cm³/mol. The zero-order chi connectivity index (χ0) is 14.5. The Bertz CT molecular complexity index is 310. The lowest BCUT2D eigenvalue weighted by Crippen LogP contribution is -2.34. The van der Waals surface area contributed by atoms with Crippen molar-refractivity contribution in [2.45, 2.75) is 50.8 Å². The number of hydrogen-bond donors (Lipinski definition) is 0. The smallest absolute Gasteiger partial charge is 0.307 e.